The lowest BCUT2D eigenvalue weighted by molar-refractivity contribution is -0.385. The van der Waals surface area contributed by atoms with E-state index in [-0.39, 0.29) is 23.0 Å². The van der Waals surface area contributed by atoms with Gasteiger partial charge in [-0.2, -0.15) is 0 Å². The van der Waals surface area contributed by atoms with Crippen molar-refractivity contribution in [3.8, 4) is 0 Å². The number of carbonyl (C=O) groups is 2. The lowest BCUT2D eigenvalue weighted by Gasteiger charge is -2.01. The van der Waals surface area contributed by atoms with Crippen molar-refractivity contribution in [3.63, 3.8) is 0 Å². The molecule has 0 amide bonds. The molecule has 0 aliphatic rings. The Morgan fingerprint density at radius 2 is 1.50 bits per heavy atom. The molecule has 0 N–H and O–H groups in total. The van der Waals surface area contributed by atoms with Gasteiger partial charge in [-0.25, -0.2) is 0 Å². The quantitative estimate of drug-likeness (QED) is 0.376. The Balaban J connectivity index is 0.000000422. The molecule has 0 spiro atoms. The number of ether oxygens (including phenoxy) is 1. The third-order valence-corrected chi connectivity index (χ3v) is 2.67. The molecule has 114 valence electrons. The van der Waals surface area contributed by atoms with Crippen LogP contribution in [0.15, 0.2) is 54.6 Å². The molecule has 0 atom stereocenters. The normalized spacial score (nSPS) is 9.18. The van der Waals surface area contributed by atoms with Crippen molar-refractivity contribution < 1.29 is 19.2 Å². The molecule has 0 aromatic heterocycles. The maximum absolute atomic E-state index is 12.1. The summed E-state index contributed by atoms with van der Waals surface area (Å²) in [6, 6.07) is 14.5. The van der Waals surface area contributed by atoms with Crippen molar-refractivity contribution in [2.45, 2.75) is 6.92 Å². The highest BCUT2D eigenvalue weighted by atomic mass is 16.6. The minimum Gasteiger partial charge on any atom is -0.469 e. The van der Waals surface area contributed by atoms with E-state index in [2.05, 4.69) is 4.74 Å². The fraction of sp³-hybridized carbons (Fsp3) is 0.125. The number of nitrogens with zero attached hydrogens (tertiary/aromatic N) is 1. The summed E-state index contributed by atoms with van der Waals surface area (Å²) in [6.07, 6.45) is 0. The van der Waals surface area contributed by atoms with E-state index in [9.17, 15) is 19.7 Å². The number of esters is 1. The first kappa shape index (κ1) is 17.0. The second-order valence-electron chi connectivity index (χ2n) is 4.17. The van der Waals surface area contributed by atoms with Crippen LogP contribution in [-0.4, -0.2) is 23.8 Å². The number of rotatable bonds is 3. The van der Waals surface area contributed by atoms with Crippen molar-refractivity contribution in [2.24, 2.45) is 0 Å². The van der Waals surface area contributed by atoms with Crippen LogP contribution >= 0.6 is 0 Å². The van der Waals surface area contributed by atoms with Gasteiger partial charge in [-0.15, -0.1) is 0 Å². The zero-order valence-electron chi connectivity index (χ0n) is 12.2. The zero-order chi connectivity index (χ0) is 16.5. The number of hydrogen-bond acceptors (Lipinski definition) is 5. The van der Waals surface area contributed by atoms with Crippen LogP contribution in [-0.2, 0) is 9.53 Å². The summed E-state index contributed by atoms with van der Waals surface area (Å²) in [4.78, 5) is 31.9. The SMILES string of the molecule is COC(C)=O.O=C(c1ccccc1)c1ccccc1[N+](=O)[O-]. The third kappa shape index (κ3) is 4.82. The summed E-state index contributed by atoms with van der Waals surface area (Å²) < 4.78 is 4.11. The lowest BCUT2D eigenvalue weighted by atomic mass is 10.0. The molecule has 6 nitrogen and oxygen atoms in total. The van der Waals surface area contributed by atoms with Crippen LogP contribution in [0.2, 0.25) is 0 Å². The van der Waals surface area contributed by atoms with Crippen LogP contribution in [0.1, 0.15) is 22.8 Å². The van der Waals surface area contributed by atoms with Gasteiger partial charge in [0.2, 0.25) is 0 Å². The first-order valence-corrected chi connectivity index (χ1v) is 6.35. The second kappa shape index (κ2) is 8.31. The minimum absolute atomic E-state index is 0.115. The highest BCUT2D eigenvalue weighted by Gasteiger charge is 2.19. The van der Waals surface area contributed by atoms with E-state index in [0.29, 0.717) is 5.56 Å². The van der Waals surface area contributed by atoms with Gasteiger partial charge in [0.25, 0.3) is 5.69 Å². The number of methoxy groups -OCH3 is 1. The van der Waals surface area contributed by atoms with E-state index in [1.54, 1.807) is 42.5 Å². The molecule has 2 aromatic rings. The topological polar surface area (TPSA) is 86.5 Å². The zero-order valence-corrected chi connectivity index (χ0v) is 12.2. The Labute approximate surface area is 127 Å². The number of carbonyl (C=O) groups excluding carboxylic acids is 2. The summed E-state index contributed by atoms with van der Waals surface area (Å²) >= 11 is 0. The maximum Gasteiger partial charge on any atom is 0.302 e. The Kier molecular flexibility index (Phi) is 6.43. The van der Waals surface area contributed by atoms with Crippen LogP contribution in [0, 0.1) is 10.1 Å². The van der Waals surface area contributed by atoms with E-state index >= 15 is 0 Å². The maximum atomic E-state index is 12.1. The molecule has 0 saturated carbocycles. The molecule has 0 saturated heterocycles. The average Bonchev–Trinajstić information content (AvgIpc) is 2.55. The van der Waals surface area contributed by atoms with Gasteiger partial charge in [0.1, 0.15) is 5.56 Å². The molecule has 22 heavy (non-hydrogen) atoms. The largest absolute Gasteiger partial charge is 0.469 e. The van der Waals surface area contributed by atoms with E-state index in [1.165, 1.54) is 26.2 Å². The highest BCUT2D eigenvalue weighted by Crippen LogP contribution is 2.20. The van der Waals surface area contributed by atoms with Gasteiger partial charge < -0.3 is 4.74 Å². The number of hydrogen-bond donors (Lipinski definition) is 0. The first-order chi connectivity index (χ1) is 10.5. The van der Waals surface area contributed by atoms with Gasteiger partial charge in [0.05, 0.1) is 12.0 Å². The summed E-state index contributed by atoms with van der Waals surface area (Å²) in [5.41, 5.74) is 0.395. The molecule has 2 rings (SSSR count). The van der Waals surface area contributed by atoms with Crippen molar-refractivity contribution >= 4 is 17.4 Å². The Bertz CT molecular complexity index is 667. The Morgan fingerprint density at radius 3 is 2.00 bits per heavy atom. The minimum atomic E-state index is -0.545. The number of nitro benzene ring substituents is 1. The number of nitro groups is 1. The smallest absolute Gasteiger partial charge is 0.302 e. The highest BCUT2D eigenvalue weighted by molar-refractivity contribution is 6.11. The van der Waals surface area contributed by atoms with Crippen molar-refractivity contribution in [3.05, 3.63) is 75.8 Å². The monoisotopic (exact) mass is 301 g/mol. The van der Waals surface area contributed by atoms with Gasteiger partial charge in [0.15, 0.2) is 5.78 Å². The molecule has 2 aromatic carbocycles. The molecule has 0 aliphatic carbocycles. The van der Waals surface area contributed by atoms with Crippen LogP contribution in [0.4, 0.5) is 5.69 Å². The summed E-state index contributed by atoms with van der Waals surface area (Å²) in [6.45, 7) is 1.36. The number of benzene rings is 2. The molecule has 0 unspecified atom stereocenters. The standard InChI is InChI=1S/C13H9NO3.C3H6O2/c15-13(10-6-2-1-3-7-10)11-8-4-5-9-12(11)14(16)17;1-3(4)5-2/h1-9H;1-2H3. The average molecular weight is 301 g/mol. The van der Waals surface area contributed by atoms with Gasteiger partial charge in [-0.05, 0) is 6.07 Å². The lowest BCUT2D eigenvalue weighted by Crippen LogP contribution is -2.04. The van der Waals surface area contributed by atoms with Gasteiger partial charge in [-0.3, -0.25) is 19.7 Å². The molecular formula is C16H15NO5. The van der Waals surface area contributed by atoms with Crippen LogP contribution in [0.25, 0.3) is 0 Å². The second-order valence-corrected chi connectivity index (χ2v) is 4.17. The first-order valence-electron chi connectivity index (χ1n) is 6.35. The predicted molar refractivity (Wildman–Crippen MR) is 80.7 cm³/mol. The molecule has 0 fully saturated rings. The van der Waals surface area contributed by atoms with Gasteiger partial charge >= 0.3 is 5.97 Å². The molecular weight excluding hydrogens is 286 g/mol. The molecule has 0 radical (unpaired) electrons. The molecule has 6 heteroatoms. The predicted octanol–water partition coefficient (Wildman–Crippen LogP) is 3.01. The molecule has 0 heterocycles. The summed E-state index contributed by atoms with van der Waals surface area (Å²) in [7, 11) is 1.35. The van der Waals surface area contributed by atoms with Crippen LogP contribution in [0.3, 0.4) is 0 Å². The third-order valence-electron chi connectivity index (χ3n) is 2.67. The van der Waals surface area contributed by atoms with E-state index in [1.807, 2.05) is 0 Å². The number of para-hydroxylation sites is 1. The summed E-state index contributed by atoms with van der Waals surface area (Å²) in [5.74, 6) is -0.581. The fourth-order valence-electron chi connectivity index (χ4n) is 1.57. The van der Waals surface area contributed by atoms with E-state index in [4.69, 9.17) is 0 Å². The van der Waals surface area contributed by atoms with Crippen LogP contribution in [0.5, 0.6) is 0 Å². The fourth-order valence-corrected chi connectivity index (χ4v) is 1.57. The van der Waals surface area contributed by atoms with E-state index in [0.717, 1.165) is 0 Å². The number of ketones is 1. The molecule has 0 aliphatic heterocycles. The van der Waals surface area contributed by atoms with Crippen molar-refractivity contribution in [2.75, 3.05) is 7.11 Å². The Morgan fingerprint density at radius 1 is 1.00 bits per heavy atom. The van der Waals surface area contributed by atoms with Gasteiger partial charge in [0, 0.05) is 18.6 Å². The van der Waals surface area contributed by atoms with Crippen molar-refractivity contribution in [1.29, 1.82) is 0 Å². The van der Waals surface area contributed by atoms with E-state index < -0.39 is 4.92 Å². The van der Waals surface area contributed by atoms with Crippen molar-refractivity contribution in [1.82, 2.24) is 0 Å². The summed E-state index contributed by atoms with van der Waals surface area (Å²) in [5, 5.41) is 10.8. The Hall–Kier alpha value is -3.02. The van der Waals surface area contributed by atoms with Crippen LogP contribution < -0.4 is 0 Å². The van der Waals surface area contributed by atoms with Gasteiger partial charge in [-0.1, -0.05) is 42.5 Å². The molecule has 0 bridgehead atoms.